The molecule has 0 aromatic carbocycles. The van der Waals surface area contributed by atoms with Crippen LogP contribution in [0.25, 0.3) is 10.9 Å². The third-order valence-electron chi connectivity index (χ3n) is 5.07. The Morgan fingerprint density at radius 2 is 2.09 bits per heavy atom. The van der Waals surface area contributed by atoms with Gasteiger partial charge in [0.25, 0.3) is 0 Å². The molecule has 4 rings (SSSR count). The number of aromatic nitrogens is 4. The molecule has 3 aromatic rings. The van der Waals surface area contributed by atoms with E-state index < -0.39 is 12.8 Å². The highest BCUT2D eigenvalue weighted by atomic mass is 19.4. The van der Waals surface area contributed by atoms with Crippen molar-refractivity contribution in [2.75, 3.05) is 25.1 Å². The first-order chi connectivity index (χ1) is 15.8. The summed E-state index contributed by atoms with van der Waals surface area (Å²) < 4.78 is 47.9. The average molecular weight is 463 g/mol. The Bertz CT molecular complexity index is 1130. The summed E-state index contributed by atoms with van der Waals surface area (Å²) in [6, 6.07) is 3.66. The lowest BCUT2D eigenvalue weighted by atomic mass is 10.2. The molecule has 3 heterocycles. The van der Waals surface area contributed by atoms with E-state index >= 15 is 0 Å². The van der Waals surface area contributed by atoms with E-state index in [9.17, 15) is 18.0 Å². The number of carbonyl (C=O) groups excluding carboxylic acids is 1. The number of amides is 1. The molecule has 1 aliphatic carbocycles. The number of anilines is 1. The number of carbonyl (C=O) groups is 1. The molecule has 0 atom stereocenters. The molecule has 1 fully saturated rings. The summed E-state index contributed by atoms with van der Waals surface area (Å²) >= 11 is 0. The second-order valence-electron chi connectivity index (χ2n) is 8.10. The Morgan fingerprint density at radius 3 is 2.82 bits per heavy atom. The van der Waals surface area contributed by atoms with Crippen LogP contribution in [0.15, 0.2) is 30.7 Å². The highest BCUT2D eigenvalue weighted by Crippen LogP contribution is 2.32. The van der Waals surface area contributed by atoms with Gasteiger partial charge in [-0.1, -0.05) is 0 Å². The third-order valence-corrected chi connectivity index (χ3v) is 5.07. The van der Waals surface area contributed by atoms with Gasteiger partial charge in [0.2, 0.25) is 11.8 Å². The molecule has 33 heavy (non-hydrogen) atoms. The van der Waals surface area contributed by atoms with Crippen molar-refractivity contribution in [1.29, 1.82) is 0 Å². The van der Waals surface area contributed by atoms with E-state index in [1.165, 1.54) is 0 Å². The normalized spacial score (nSPS) is 13.9. The summed E-state index contributed by atoms with van der Waals surface area (Å²) in [4.78, 5) is 20.7. The van der Waals surface area contributed by atoms with Gasteiger partial charge >= 0.3 is 6.18 Å². The van der Waals surface area contributed by atoms with Crippen molar-refractivity contribution >= 4 is 22.6 Å². The molecule has 0 saturated heterocycles. The van der Waals surface area contributed by atoms with Crippen molar-refractivity contribution in [1.82, 2.24) is 19.7 Å². The van der Waals surface area contributed by atoms with Gasteiger partial charge in [0.15, 0.2) is 0 Å². The second kappa shape index (κ2) is 9.74. The van der Waals surface area contributed by atoms with Gasteiger partial charge in [-0.2, -0.15) is 18.3 Å². The number of halogens is 3. The van der Waals surface area contributed by atoms with E-state index in [1.807, 2.05) is 12.3 Å². The largest absolute Gasteiger partial charge is 0.475 e. The van der Waals surface area contributed by atoms with Crippen LogP contribution in [0.1, 0.15) is 30.4 Å². The number of fused-ring (bicyclic) bond motifs is 1. The Balaban J connectivity index is 1.36. The molecule has 1 aliphatic rings. The summed E-state index contributed by atoms with van der Waals surface area (Å²) in [5.74, 6) is 1.28. The number of nitrogens with one attached hydrogen (secondary N) is 1. The van der Waals surface area contributed by atoms with Crippen LogP contribution in [-0.4, -0.2) is 51.7 Å². The zero-order valence-corrected chi connectivity index (χ0v) is 18.1. The van der Waals surface area contributed by atoms with Crippen molar-refractivity contribution < 1.29 is 27.4 Å². The van der Waals surface area contributed by atoms with Crippen LogP contribution in [0, 0.1) is 12.8 Å². The SMILES string of the molecule is Cc1cc(Cn2cc3c(NC(=O)CC4CC4)nccc3n2)cnc1OCCOCC(F)(F)F. The molecular formula is C22H24F3N5O3. The molecule has 176 valence electrons. The average Bonchev–Trinajstić information content (AvgIpc) is 3.44. The van der Waals surface area contributed by atoms with Crippen LogP contribution in [0.3, 0.4) is 0 Å². The lowest BCUT2D eigenvalue weighted by molar-refractivity contribution is -0.175. The molecule has 11 heteroatoms. The van der Waals surface area contributed by atoms with E-state index in [1.54, 1.807) is 30.1 Å². The highest BCUT2D eigenvalue weighted by Gasteiger charge is 2.27. The predicted molar refractivity (Wildman–Crippen MR) is 114 cm³/mol. The molecule has 0 unspecified atom stereocenters. The molecular weight excluding hydrogens is 439 g/mol. The second-order valence-corrected chi connectivity index (χ2v) is 8.10. The first kappa shape index (κ1) is 23.0. The first-order valence-electron chi connectivity index (χ1n) is 10.6. The standard InChI is InChI=1S/C22H24F3N5O3/c1-14-8-16(10-27-21(14)33-7-6-32-13-22(23,24)25)11-30-12-17-18(29-30)4-5-26-20(17)28-19(31)9-15-2-3-15/h4-5,8,10,12,15H,2-3,6-7,9,11,13H2,1H3,(H,26,28,31). The summed E-state index contributed by atoms with van der Waals surface area (Å²) in [5.41, 5.74) is 2.33. The fourth-order valence-corrected chi connectivity index (χ4v) is 3.37. The maximum absolute atomic E-state index is 12.2. The minimum Gasteiger partial charge on any atom is -0.475 e. The minimum absolute atomic E-state index is 0.0317. The maximum Gasteiger partial charge on any atom is 0.411 e. The number of rotatable bonds is 10. The molecule has 1 saturated carbocycles. The molecule has 1 N–H and O–H groups in total. The molecule has 8 nitrogen and oxygen atoms in total. The van der Waals surface area contributed by atoms with Gasteiger partial charge in [-0.15, -0.1) is 0 Å². The van der Waals surface area contributed by atoms with Gasteiger partial charge in [-0.25, -0.2) is 9.97 Å². The molecule has 0 spiro atoms. The number of ether oxygens (including phenoxy) is 2. The number of aryl methyl sites for hydroxylation is 1. The van der Waals surface area contributed by atoms with Gasteiger partial charge in [0.05, 0.1) is 24.1 Å². The maximum atomic E-state index is 12.2. The topological polar surface area (TPSA) is 91.2 Å². The number of pyridine rings is 2. The monoisotopic (exact) mass is 463 g/mol. The van der Waals surface area contributed by atoms with E-state index in [4.69, 9.17) is 4.74 Å². The predicted octanol–water partition coefficient (Wildman–Crippen LogP) is 3.88. The fraction of sp³-hybridized carbons (Fsp3) is 0.455. The van der Waals surface area contributed by atoms with Crippen LogP contribution in [0.5, 0.6) is 5.88 Å². The van der Waals surface area contributed by atoms with E-state index in [-0.39, 0.29) is 19.1 Å². The van der Waals surface area contributed by atoms with E-state index in [0.717, 1.165) is 34.9 Å². The first-order valence-corrected chi connectivity index (χ1v) is 10.6. The van der Waals surface area contributed by atoms with Crippen LogP contribution in [0.2, 0.25) is 0 Å². The zero-order valence-electron chi connectivity index (χ0n) is 18.1. The number of alkyl halides is 3. The number of nitrogens with zero attached hydrogens (tertiary/aromatic N) is 4. The van der Waals surface area contributed by atoms with Crippen molar-refractivity contribution in [3.63, 3.8) is 0 Å². The summed E-state index contributed by atoms with van der Waals surface area (Å²) in [6.07, 6.45) is 3.43. The van der Waals surface area contributed by atoms with Crippen LogP contribution in [0.4, 0.5) is 19.0 Å². The smallest absolute Gasteiger partial charge is 0.411 e. The summed E-state index contributed by atoms with van der Waals surface area (Å²) in [5, 5.41) is 8.19. The quantitative estimate of drug-likeness (QED) is 0.459. The highest BCUT2D eigenvalue weighted by molar-refractivity contribution is 5.99. The lowest BCUT2D eigenvalue weighted by Crippen LogP contribution is -2.19. The van der Waals surface area contributed by atoms with Gasteiger partial charge in [-0.3, -0.25) is 9.48 Å². The minimum atomic E-state index is -4.36. The fourth-order valence-electron chi connectivity index (χ4n) is 3.37. The van der Waals surface area contributed by atoms with Crippen molar-refractivity contribution in [3.05, 3.63) is 41.9 Å². The summed E-state index contributed by atoms with van der Waals surface area (Å²) in [7, 11) is 0. The Labute approximate surface area is 188 Å². The van der Waals surface area contributed by atoms with Crippen molar-refractivity contribution in [2.45, 2.75) is 38.9 Å². The van der Waals surface area contributed by atoms with Gasteiger partial charge in [0, 0.05) is 30.6 Å². The Kier molecular flexibility index (Phi) is 6.77. The molecule has 0 radical (unpaired) electrons. The van der Waals surface area contributed by atoms with Crippen LogP contribution >= 0.6 is 0 Å². The Hall–Kier alpha value is -3.21. The lowest BCUT2D eigenvalue weighted by Gasteiger charge is -2.11. The van der Waals surface area contributed by atoms with Crippen LogP contribution < -0.4 is 10.1 Å². The van der Waals surface area contributed by atoms with Gasteiger partial charge < -0.3 is 14.8 Å². The van der Waals surface area contributed by atoms with E-state index in [0.29, 0.717) is 30.6 Å². The van der Waals surface area contributed by atoms with Crippen LogP contribution in [-0.2, 0) is 16.1 Å². The van der Waals surface area contributed by atoms with Gasteiger partial charge in [-0.05, 0) is 43.4 Å². The van der Waals surface area contributed by atoms with Crippen molar-refractivity contribution in [2.24, 2.45) is 5.92 Å². The van der Waals surface area contributed by atoms with E-state index in [2.05, 4.69) is 25.1 Å². The zero-order chi connectivity index (χ0) is 23.4. The number of hydrogen-bond donors (Lipinski definition) is 1. The summed E-state index contributed by atoms with van der Waals surface area (Å²) in [6.45, 7) is 0.722. The molecule has 3 aromatic heterocycles. The molecule has 0 aliphatic heterocycles. The number of hydrogen-bond acceptors (Lipinski definition) is 6. The Morgan fingerprint density at radius 1 is 1.27 bits per heavy atom. The third kappa shape index (κ3) is 6.64. The molecule has 0 bridgehead atoms. The van der Waals surface area contributed by atoms with Gasteiger partial charge in [0.1, 0.15) is 19.0 Å². The van der Waals surface area contributed by atoms with Crippen molar-refractivity contribution in [3.8, 4) is 5.88 Å². The molecule has 1 amide bonds.